The average molecular weight is 512 g/mol. The van der Waals surface area contributed by atoms with Crippen LogP contribution in [0.15, 0.2) is 41.3 Å². The molecule has 0 spiro atoms. The number of nitrogens with one attached hydrogen (secondary N) is 1. The largest absolute Gasteiger partial charge is 0.496 e. The molecular weight excluding hydrogens is 481 g/mol. The van der Waals surface area contributed by atoms with Gasteiger partial charge >= 0.3 is 6.80 Å². The van der Waals surface area contributed by atoms with Crippen LogP contribution in [0.1, 0.15) is 19.4 Å². The van der Waals surface area contributed by atoms with E-state index >= 15 is 0 Å². The number of hydrogen-bond acceptors (Lipinski definition) is 9. The molecule has 11 heteroatoms. The molecule has 186 valence electrons. The van der Waals surface area contributed by atoms with Crippen molar-refractivity contribution in [2.24, 2.45) is 0 Å². The minimum Gasteiger partial charge on any atom is -0.496 e. The van der Waals surface area contributed by atoms with Gasteiger partial charge in [-0.05, 0) is 49.5 Å². The minimum atomic E-state index is -3.44. The monoisotopic (exact) mass is 511 g/mol. The molecule has 0 fully saturated rings. The number of ether oxygens (including phenoxy) is 4. The van der Waals surface area contributed by atoms with Crippen LogP contribution in [0.25, 0.3) is 6.08 Å². The molecule has 2 aromatic rings. The Labute approximate surface area is 204 Å². The topological polar surface area (TPSA) is 102 Å². The molecule has 9 nitrogen and oxygen atoms in total. The van der Waals surface area contributed by atoms with Crippen LogP contribution in [0.3, 0.4) is 0 Å². The van der Waals surface area contributed by atoms with Gasteiger partial charge in [0.05, 0.1) is 52.1 Å². The first-order chi connectivity index (χ1) is 16.3. The zero-order valence-electron chi connectivity index (χ0n) is 20.1. The molecule has 0 aliphatic rings. The molecule has 0 saturated carbocycles. The zero-order valence-corrected chi connectivity index (χ0v) is 21.8. The van der Waals surface area contributed by atoms with Crippen molar-refractivity contribution in [1.82, 2.24) is 0 Å². The van der Waals surface area contributed by atoms with Crippen molar-refractivity contribution in [3.8, 4) is 23.0 Å². The van der Waals surface area contributed by atoms with Crippen molar-refractivity contribution in [3.63, 3.8) is 0 Å². The maximum atomic E-state index is 12.9. The lowest BCUT2D eigenvalue weighted by Gasteiger charge is -2.18. The lowest BCUT2D eigenvalue weighted by atomic mass is 10.1. The molecule has 2 rings (SSSR count). The smallest absolute Gasteiger partial charge is 0.393 e. The molecule has 0 heterocycles. The zero-order chi connectivity index (χ0) is 25.1. The van der Waals surface area contributed by atoms with Crippen LogP contribution < -0.4 is 24.3 Å². The van der Waals surface area contributed by atoms with E-state index in [1.807, 2.05) is 0 Å². The van der Waals surface area contributed by atoms with Crippen LogP contribution >= 0.6 is 18.2 Å². The lowest BCUT2D eigenvalue weighted by molar-refractivity contribution is -0.111. The summed E-state index contributed by atoms with van der Waals surface area (Å²) >= 11 is 0.928. The van der Waals surface area contributed by atoms with Gasteiger partial charge in [-0.25, -0.2) is 4.57 Å². The Morgan fingerprint density at radius 1 is 0.912 bits per heavy atom. The second-order valence-corrected chi connectivity index (χ2v) is 10.4. The van der Waals surface area contributed by atoms with Gasteiger partial charge in [0.25, 0.3) is 0 Å². The first-order valence-electron chi connectivity index (χ1n) is 10.4. The van der Waals surface area contributed by atoms with Crippen molar-refractivity contribution in [1.29, 1.82) is 0 Å². The van der Waals surface area contributed by atoms with E-state index in [-0.39, 0.29) is 19.1 Å². The van der Waals surface area contributed by atoms with Crippen LogP contribution in [0, 0.1) is 0 Å². The van der Waals surface area contributed by atoms with E-state index in [2.05, 4.69) is 5.32 Å². The molecular formula is C23H30NO8PS. The third-order valence-electron chi connectivity index (χ3n) is 4.37. The highest BCUT2D eigenvalue weighted by molar-refractivity contribution is 8.55. The molecule has 2 aromatic carbocycles. The van der Waals surface area contributed by atoms with Gasteiger partial charge in [0.1, 0.15) is 23.0 Å². The van der Waals surface area contributed by atoms with Crippen LogP contribution in [0.5, 0.6) is 23.0 Å². The van der Waals surface area contributed by atoms with Crippen LogP contribution in [-0.4, -0.2) is 47.6 Å². The average Bonchev–Trinajstić information content (AvgIpc) is 2.82. The molecule has 0 atom stereocenters. The van der Waals surface area contributed by atoms with E-state index < -0.39 is 6.80 Å². The van der Waals surface area contributed by atoms with Gasteiger partial charge in [0.15, 0.2) is 0 Å². The summed E-state index contributed by atoms with van der Waals surface area (Å²) < 4.78 is 45.0. The second kappa shape index (κ2) is 13.3. The van der Waals surface area contributed by atoms with E-state index in [9.17, 15) is 9.36 Å². The Bertz CT molecular complexity index is 1020. The number of carbonyl (C=O) groups is 1. The second-order valence-electron chi connectivity index (χ2n) is 6.51. The van der Waals surface area contributed by atoms with Gasteiger partial charge < -0.3 is 33.3 Å². The van der Waals surface area contributed by atoms with Crippen molar-refractivity contribution >= 4 is 35.8 Å². The van der Waals surface area contributed by atoms with Gasteiger partial charge in [0, 0.05) is 23.9 Å². The summed E-state index contributed by atoms with van der Waals surface area (Å²) in [4.78, 5) is 13.1. The Kier molecular flexibility index (Phi) is 10.8. The maximum absolute atomic E-state index is 12.9. The number of rotatable bonds is 13. The molecule has 1 N–H and O–H groups in total. The summed E-state index contributed by atoms with van der Waals surface area (Å²) in [5.74, 6) is 1.64. The third-order valence-corrected chi connectivity index (χ3v) is 8.15. The normalized spacial score (nSPS) is 11.4. The molecule has 0 aliphatic carbocycles. The molecule has 0 unspecified atom stereocenters. The molecule has 0 aliphatic heterocycles. The van der Waals surface area contributed by atoms with E-state index in [0.29, 0.717) is 39.1 Å². The van der Waals surface area contributed by atoms with Crippen molar-refractivity contribution in [3.05, 3.63) is 42.0 Å². The fourth-order valence-electron chi connectivity index (χ4n) is 2.89. The summed E-state index contributed by atoms with van der Waals surface area (Å²) in [6, 6.07) is 8.38. The van der Waals surface area contributed by atoms with Crippen LogP contribution in [0.4, 0.5) is 5.69 Å². The quantitative estimate of drug-likeness (QED) is 0.270. The lowest BCUT2D eigenvalue weighted by Crippen LogP contribution is -2.08. The van der Waals surface area contributed by atoms with Gasteiger partial charge in [-0.3, -0.25) is 4.79 Å². The van der Waals surface area contributed by atoms with Crippen LogP contribution in [-0.2, 0) is 18.4 Å². The molecule has 0 aromatic heterocycles. The Morgan fingerprint density at radius 3 is 2.00 bits per heavy atom. The van der Waals surface area contributed by atoms with Crippen molar-refractivity contribution < 1.29 is 37.4 Å². The Morgan fingerprint density at radius 2 is 1.50 bits per heavy atom. The Balaban J connectivity index is 2.26. The first-order valence-corrected chi connectivity index (χ1v) is 13.3. The first kappa shape index (κ1) is 27.6. The van der Waals surface area contributed by atoms with E-state index in [1.165, 1.54) is 27.4 Å². The van der Waals surface area contributed by atoms with Crippen molar-refractivity contribution in [2.45, 2.75) is 18.7 Å². The van der Waals surface area contributed by atoms with E-state index in [4.69, 9.17) is 28.0 Å². The van der Waals surface area contributed by atoms with E-state index in [1.54, 1.807) is 57.4 Å². The molecule has 0 saturated heterocycles. The highest BCUT2D eigenvalue weighted by atomic mass is 32.7. The summed E-state index contributed by atoms with van der Waals surface area (Å²) in [5, 5.41) is 2.78. The molecule has 0 bridgehead atoms. The Hall–Kier alpha value is -2.65. The van der Waals surface area contributed by atoms with Crippen LogP contribution in [0.2, 0.25) is 0 Å². The maximum Gasteiger partial charge on any atom is 0.393 e. The van der Waals surface area contributed by atoms with Gasteiger partial charge in [-0.2, -0.15) is 0 Å². The number of carbonyl (C=O) groups excluding carboxylic acids is 1. The minimum absolute atomic E-state index is 0.228. The summed E-state index contributed by atoms with van der Waals surface area (Å²) in [7, 11) is 6.08. The highest BCUT2D eigenvalue weighted by Crippen LogP contribution is 2.65. The molecule has 34 heavy (non-hydrogen) atoms. The standard InChI is InChI=1S/C23H30NO8PS/c1-7-31-33(26,32-8-2)34-22-13-16(9-11-19(22)28-4)24-23(25)12-10-18-20(29-5)14-17(27-3)15-21(18)30-6/h9-15H,7-8H2,1-6H3,(H,24,25)/b12-10+. The predicted molar refractivity (Wildman–Crippen MR) is 133 cm³/mol. The SMILES string of the molecule is CCOP(=O)(OCC)Sc1cc(NC(=O)/C=C/c2c(OC)cc(OC)cc2OC)ccc1OC. The summed E-state index contributed by atoms with van der Waals surface area (Å²) in [6.45, 7) is 0.486. The number of anilines is 1. The number of amides is 1. The number of hydrogen-bond donors (Lipinski definition) is 1. The summed E-state index contributed by atoms with van der Waals surface area (Å²) in [5.41, 5.74) is 1.06. The summed E-state index contributed by atoms with van der Waals surface area (Å²) in [6.07, 6.45) is 2.94. The fraction of sp³-hybridized carbons (Fsp3) is 0.348. The molecule has 1 amide bonds. The predicted octanol–water partition coefficient (Wildman–Crippen LogP) is 5.65. The number of benzene rings is 2. The molecule has 0 radical (unpaired) electrons. The van der Waals surface area contributed by atoms with Crippen molar-refractivity contribution in [2.75, 3.05) is 47.0 Å². The van der Waals surface area contributed by atoms with Gasteiger partial charge in [0.2, 0.25) is 5.91 Å². The fourth-order valence-corrected chi connectivity index (χ4v) is 6.47. The van der Waals surface area contributed by atoms with E-state index in [0.717, 1.165) is 11.4 Å². The third kappa shape index (κ3) is 7.43. The van der Waals surface area contributed by atoms with Gasteiger partial charge in [-0.15, -0.1) is 0 Å². The highest BCUT2D eigenvalue weighted by Gasteiger charge is 2.27. The number of methoxy groups -OCH3 is 4. The van der Waals surface area contributed by atoms with Gasteiger partial charge in [-0.1, -0.05) is 0 Å².